The predicted octanol–water partition coefficient (Wildman–Crippen LogP) is 9.74. The lowest BCUT2D eigenvalue weighted by Gasteiger charge is -2.31. The number of imide groups is 1. The van der Waals surface area contributed by atoms with Crippen LogP contribution in [0.5, 0.6) is 5.75 Å². The molecule has 3 N–H and O–H groups in total. The molecule has 388 valence electrons. The van der Waals surface area contributed by atoms with Gasteiger partial charge in [0.25, 0.3) is 5.91 Å². The van der Waals surface area contributed by atoms with Gasteiger partial charge in [-0.05, 0) is 168 Å². The summed E-state index contributed by atoms with van der Waals surface area (Å²) in [5.41, 5.74) is 7.53. The van der Waals surface area contributed by atoms with Gasteiger partial charge in [0.2, 0.25) is 17.7 Å². The molecule has 2 fully saturated rings. The topological polar surface area (TPSA) is 190 Å². The minimum Gasteiger partial charge on any atom is -0.494 e. The Hall–Kier alpha value is -7.50. The van der Waals surface area contributed by atoms with E-state index < -0.39 is 17.5 Å². The molecule has 0 aliphatic carbocycles. The van der Waals surface area contributed by atoms with Gasteiger partial charge in [-0.1, -0.05) is 48.1 Å². The van der Waals surface area contributed by atoms with E-state index in [-0.39, 0.29) is 35.7 Å². The Balaban J connectivity index is 0.706. The van der Waals surface area contributed by atoms with Gasteiger partial charge in [0.15, 0.2) is 10.8 Å². The minimum absolute atomic E-state index is 0.0698. The number of esters is 1. The van der Waals surface area contributed by atoms with Gasteiger partial charge < -0.3 is 19.7 Å². The molecular formula is C58H63N9O7S. The molecule has 10 rings (SSSR count). The van der Waals surface area contributed by atoms with Crippen LogP contribution in [0.2, 0.25) is 0 Å². The Kier molecular flexibility index (Phi) is 14.8. The number of hydrogen-bond donors (Lipinski definition) is 3. The first-order valence-corrected chi connectivity index (χ1v) is 26.8. The number of benzene rings is 4. The van der Waals surface area contributed by atoms with Gasteiger partial charge in [-0.15, -0.1) is 0 Å². The average Bonchev–Trinajstić information content (AvgIpc) is 3.96. The van der Waals surface area contributed by atoms with Crippen molar-refractivity contribution in [2.24, 2.45) is 13.0 Å². The van der Waals surface area contributed by atoms with Crippen LogP contribution in [-0.2, 0) is 39.1 Å². The quantitative estimate of drug-likeness (QED) is 0.0502. The summed E-state index contributed by atoms with van der Waals surface area (Å²) in [6, 6.07) is 29.1. The minimum atomic E-state index is -0.736. The van der Waals surface area contributed by atoms with Crippen LogP contribution in [0.15, 0.2) is 91.0 Å². The molecule has 6 heterocycles. The third-order valence-corrected chi connectivity index (χ3v) is 15.4. The summed E-state index contributed by atoms with van der Waals surface area (Å²) in [5, 5.41) is 14.5. The summed E-state index contributed by atoms with van der Waals surface area (Å²) in [4.78, 5) is 79.0. The van der Waals surface area contributed by atoms with Crippen molar-refractivity contribution >= 4 is 78.7 Å². The van der Waals surface area contributed by atoms with Gasteiger partial charge >= 0.3 is 5.97 Å². The molecule has 3 aromatic heterocycles. The number of hydrogen-bond acceptors (Lipinski definition) is 13. The number of fused-ring (bicyclic) bond motifs is 3. The van der Waals surface area contributed by atoms with E-state index in [0.29, 0.717) is 78.5 Å². The summed E-state index contributed by atoms with van der Waals surface area (Å²) in [6.07, 6.45) is 6.57. The monoisotopic (exact) mass is 1030 g/mol. The molecule has 7 aromatic rings. The third kappa shape index (κ3) is 11.7. The molecule has 0 spiro atoms. The molecule has 4 aromatic carbocycles. The van der Waals surface area contributed by atoms with Gasteiger partial charge in [-0.3, -0.25) is 39.4 Å². The lowest BCUT2D eigenvalue weighted by Crippen LogP contribution is -2.39. The SMILES string of the molecule is Cc1cc(OCCCCC2CCN(CC(=O)Nc3ccc4c(C5CCC(=O)NC5=O)nn(C)c4c3)CC2)ccc1-c1ccc(N2CCc3cccc(C(=O)Nc4nc5ccccc5s4)c3C2)nc1C(=O)OC(C)(C)C. The Labute approximate surface area is 440 Å². The number of ether oxygens (including phenoxy) is 2. The number of piperidine rings is 2. The highest BCUT2D eigenvalue weighted by atomic mass is 32.1. The number of likely N-dealkylation sites (tertiary alicyclic amines) is 1. The number of anilines is 3. The molecule has 1 unspecified atom stereocenters. The number of pyridine rings is 1. The standard InChI is InChI=1S/C58H63N9O7S/c1-35-31-39(73-30-9-8-11-36-24-27-66(28-25-36)34-51(69)59-38-16-18-43-47(32-38)65(5)64-52(43)44-21-23-50(68)62-55(44)71)17-19-40(35)41-20-22-49(61-53(41)56(72)74-58(2,3)4)67-29-26-37-12-10-13-42(45(37)33-67)54(70)63-57-60-46-14-6-7-15-48(46)75-57/h6-7,10,12-20,22,31-32,36,44H,8-9,11,21,23-30,33-34H2,1-5H3,(H,59,69)(H,60,63,70)(H,62,68,71). The van der Waals surface area contributed by atoms with Gasteiger partial charge in [0.1, 0.15) is 17.2 Å². The summed E-state index contributed by atoms with van der Waals surface area (Å²) in [5.74, 6) is 0.124. The van der Waals surface area contributed by atoms with E-state index >= 15 is 0 Å². The molecule has 4 amide bonds. The molecule has 75 heavy (non-hydrogen) atoms. The summed E-state index contributed by atoms with van der Waals surface area (Å²) < 4.78 is 14.9. The Morgan fingerprint density at radius 2 is 1.67 bits per heavy atom. The molecule has 3 aliphatic rings. The van der Waals surface area contributed by atoms with E-state index in [1.54, 1.807) is 4.68 Å². The van der Waals surface area contributed by atoms with Gasteiger partial charge in [0.05, 0.1) is 40.5 Å². The van der Waals surface area contributed by atoms with Gasteiger partial charge in [-0.2, -0.15) is 5.10 Å². The van der Waals surface area contributed by atoms with Crippen LogP contribution in [0, 0.1) is 12.8 Å². The van der Waals surface area contributed by atoms with Crippen molar-refractivity contribution in [3.8, 4) is 16.9 Å². The second kappa shape index (κ2) is 21.8. The summed E-state index contributed by atoms with van der Waals surface area (Å²) >= 11 is 1.44. The number of thiazole rings is 1. The van der Waals surface area contributed by atoms with Crippen molar-refractivity contribution < 1.29 is 33.4 Å². The highest BCUT2D eigenvalue weighted by molar-refractivity contribution is 7.22. The number of carbonyl (C=O) groups excluding carboxylic acids is 5. The van der Waals surface area contributed by atoms with E-state index in [1.165, 1.54) is 11.3 Å². The zero-order valence-electron chi connectivity index (χ0n) is 43.2. The number of amides is 4. The zero-order chi connectivity index (χ0) is 52.4. The average molecular weight is 1030 g/mol. The fourth-order valence-corrected chi connectivity index (χ4v) is 11.4. The summed E-state index contributed by atoms with van der Waals surface area (Å²) in [7, 11) is 1.81. The highest BCUT2D eigenvalue weighted by Crippen LogP contribution is 2.36. The molecule has 0 saturated carbocycles. The van der Waals surface area contributed by atoms with Crippen LogP contribution in [0.25, 0.3) is 32.2 Å². The van der Waals surface area contributed by atoms with Crippen LogP contribution < -0.4 is 25.6 Å². The molecule has 2 saturated heterocycles. The summed E-state index contributed by atoms with van der Waals surface area (Å²) in [6.45, 7) is 11.3. The van der Waals surface area contributed by atoms with Crippen LogP contribution in [0.3, 0.4) is 0 Å². The molecule has 1 atom stereocenters. The van der Waals surface area contributed by atoms with Crippen molar-refractivity contribution in [2.45, 2.75) is 97.1 Å². The third-order valence-electron chi connectivity index (χ3n) is 14.4. The fraction of sp³-hybridized carbons (Fsp3) is 0.379. The normalized spacial score (nSPS) is 16.4. The van der Waals surface area contributed by atoms with Crippen LogP contribution in [0.1, 0.15) is 115 Å². The Morgan fingerprint density at radius 3 is 2.45 bits per heavy atom. The molecule has 17 heteroatoms. The Morgan fingerprint density at radius 1 is 0.853 bits per heavy atom. The van der Waals surface area contributed by atoms with Gasteiger partial charge in [-0.25, -0.2) is 14.8 Å². The van der Waals surface area contributed by atoms with Crippen molar-refractivity contribution in [2.75, 3.05) is 48.3 Å². The first-order chi connectivity index (χ1) is 36.1. The smallest absolute Gasteiger partial charge is 0.358 e. The van der Waals surface area contributed by atoms with Gasteiger partial charge in [0, 0.05) is 48.8 Å². The number of nitrogens with one attached hydrogen (secondary N) is 3. The number of nitrogens with zero attached hydrogens (tertiary/aromatic N) is 6. The van der Waals surface area contributed by atoms with E-state index in [2.05, 4.69) is 41.9 Å². The number of para-hydroxylation sites is 1. The molecular weight excluding hydrogens is 967 g/mol. The number of aryl methyl sites for hydroxylation is 2. The molecule has 0 bridgehead atoms. The predicted molar refractivity (Wildman–Crippen MR) is 291 cm³/mol. The number of rotatable bonds is 15. The lowest BCUT2D eigenvalue weighted by atomic mass is 9.91. The zero-order valence-corrected chi connectivity index (χ0v) is 44.0. The number of carbonyl (C=O) groups is 5. The Bertz CT molecular complexity index is 3300. The van der Waals surface area contributed by atoms with Crippen molar-refractivity contribution in [1.82, 2.24) is 30.0 Å². The van der Waals surface area contributed by atoms with E-state index in [1.807, 2.05) is 120 Å². The first kappa shape index (κ1) is 51.0. The molecule has 16 nitrogen and oxygen atoms in total. The van der Waals surface area contributed by atoms with Crippen molar-refractivity contribution in [3.05, 3.63) is 125 Å². The van der Waals surface area contributed by atoms with Crippen molar-refractivity contribution in [1.29, 1.82) is 0 Å². The van der Waals surface area contributed by atoms with Crippen LogP contribution >= 0.6 is 11.3 Å². The maximum Gasteiger partial charge on any atom is 0.358 e. The molecule has 3 aliphatic heterocycles. The van der Waals surface area contributed by atoms with E-state index in [0.717, 1.165) is 94.3 Å². The molecule has 0 radical (unpaired) electrons. The second-order valence-corrected chi connectivity index (χ2v) is 22.0. The van der Waals surface area contributed by atoms with Crippen molar-refractivity contribution in [3.63, 3.8) is 0 Å². The maximum atomic E-state index is 14.0. The number of aromatic nitrogens is 4. The maximum absolute atomic E-state index is 14.0. The van der Waals surface area contributed by atoms with E-state index in [9.17, 15) is 24.0 Å². The van der Waals surface area contributed by atoms with Crippen LogP contribution in [-0.4, -0.2) is 92.6 Å². The van der Waals surface area contributed by atoms with Crippen LogP contribution in [0.4, 0.5) is 16.6 Å². The number of unbranched alkanes of at least 4 members (excludes halogenated alkanes) is 1. The second-order valence-electron chi connectivity index (χ2n) is 21.0. The lowest BCUT2D eigenvalue weighted by molar-refractivity contribution is -0.134. The van der Waals surface area contributed by atoms with E-state index in [4.69, 9.17) is 14.5 Å². The fourth-order valence-electron chi connectivity index (χ4n) is 10.6. The highest BCUT2D eigenvalue weighted by Gasteiger charge is 2.32. The largest absolute Gasteiger partial charge is 0.494 e. The first-order valence-electron chi connectivity index (χ1n) is 26.0.